The highest BCUT2D eigenvalue weighted by Crippen LogP contribution is 2.35. The Morgan fingerprint density at radius 1 is 0.754 bits per heavy atom. The first-order valence-electron chi connectivity index (χ1n) is 19.6. The summed E-state index contributed by atoms with van der Waals surface area (Å²) in [6.45, 7) is 9.42. The van der Waals surface area contributed by atoms with Gasteiger partial charge in [0.2, 0.25) is 11.8 Å². The van der Waals surface area contributed by atoms with E-state index in [4.69, 9.17) is 40.1 Å². The molecule has 0 spiro atoms. The van der Waals surface area contributed by atoms with Gasteiger partial charge in [-0.3, -0.25) is 19.6 Å². The van der Waals surface area contributed by atoms with E-state index in [1.165, 1.54) is 0 Å². The van der Waals surface area contributed by atoms with Gasteiger partial charge in [0.05, 0.1) is 34.5 Å². The lowest BCUT2D eigenvalue weighted by atomic mass is 9.82. The molecule has 2 aliphatic carbocycles. The molecular formula is C43H56N6O8. The Morgan fingerprint density at radius 2 is 1.28 bits per heavy atom. The van der Waals surface area contributed by atoms with Crippen LogP contribution in [0.3, 0.4) is 0 Å². The zero-order valence-electron chi connectivity index (χ0n) is 33.4. The molecule has 0 radical (unpaired) electrons. The number of benzene rings is 2. The number of nitrogens with zero attached hydrogens (tertiary/aromatic N) is 2. The lowest BCUT2D eigenvalue weighted by Crippen LogP contribution is -2.39. The topological polar surface area (TPSA) is 223 Å². The number of nitrogens with one attached hydrogen (secondary N) is 2. The molecule has 2 aliphatic rings. The lowest BCUT2D eigenvalue weighted by molar-refractivity contribution is -0.193. The molecule has 306 valence electrons. The van der Waals surface area contributed by atoms with Crippen LogP contribution in [0.5, 0.6) is 11.5 Å². The fourth-order valence-electron chi connectivity index (χ4n) is 7.29. The van der Waals surface area contributed by atoms with E-state index in [0.29, 0.717) is 30.3 Å². The Kier molecular flexibility index (Phi) is 19.1. The van der Waals surface area contributed by atoms with E-state index >= 15 is 0 Å². The van der Waals surface area contributed by atoms with Crippen molar-refractivity contribution >= 4 is 57.3 Å². The van der Waals surface area contributed by atoms with Crippen LogP contribution in [-0.4, -0.2) is 59.4 Å². The number of aryl methyl sites for hydroxylation is 2. The number of pyridine rings is 2. The molecule has 2 fully saturated rings. The molecule has 0 saturated heterocycles. The first-order chi connectivity index (χ1) is 27.5. The maximum absolute atomic E-state index is 12.1. The number of hydrogen-bond acceptors (Lipinski definition) is 12. The number of fused-ring (bicyclic) bond motifs is 2. The van der Waals surface area contributed by atoms with Gasteiger partial charge in [-0.2, -0.15) is 19.2 Å². The predicted octanol–water partition coefficient (Wildman–Crippen LogP) is 6.40. The number of hydrogen-bond donors (Lipinski definition) is 4. The van der Waals surface area contributed by atoms with Crippen molar-refractivity contribution in [3.05, 3.63) is 59.9 Å². The molecule has 6 N–H and O–H groups in total. The van der Waals surface area contributed by atoms with E-state index < -0.39 is 0 Å². The van der Waals surface area contributed by atoms with Gasteiger partial charge in [-0.05, 0) is 120 Å². The van der Waals surface area contributed by atoms with Gasteiger partial charge in [0.1, 0.15) is 11.5 Å². The summed E-state index contributed by atoms with van der Waals surface area (Å²) in [5.41, 5.74) is 17.4. The van der Waals surface area contributed by atoms with Crippen LogP contribution < -0.4 is 31.6 Å². The van der Waals surface area contributed by atoms with Crippen molar-refractivity contribution in [1.82, 2.24) is 20.6 Å². The van der Waals surface area contributed by atoms with Crippen LogP contribution in [0.1, 0.15) is 95.9 Å². The highest BCUT2D eigenvalue weighted by molar-refractivity contribution is 5.96. The summed E-state index contributed by atoms with van der Waals surface area (Å²) >= 11 is 0. The second-order valence-corrected chi connectivity index (χ2v) is 14.4. The van der Waals surface area contributed by atoms with Crippen molar-refractivity contribution in [2.45, 2.75) is 110 Å². The van der Waals surface area contributed by atoms with Crippen molar-refractivity contribution in [2.75, 3.05) is 24.6 Å². The van der Waals surface area contributed by atoms with Crippen molar-refractivity contribution in [2.24, 2.45) is 11.8 Å². The van der Waals surface area contributed by atoms with Gasteiger partial charge in [0.15, 0.2) is 0 Å². The van der Waals surface area contributed by atoms with Crippen LogP contribution in [0.2, 0.25) is 0 Å². The summed E-state index contributed by atoms with van der Waals surface area (Å²) in [6, 6.07) is 15.8. The number of aromatic nitrogens is 2. The number of ether oxygens (including phenoxy) is 2. The Morgan fingerprint density at radius 3 is 1.81 bits per heavy atom. The quantitative estimate of drug-likeness (QED) is 0.130. The minimum absolute atomic E-state index is 0.158. The Labute approximate surface area is 333 Å². The molecule has 2 heterocycles. The molecule has 57 heavy (non-hydrogen) atoms. The summed E-state index contributed by atoms with van der Waals surface area (Å²) in [6.07, 6.45) is 10.9. The van der Waals surface area contributed by atoms with Crippen molar-refractivity contribution in [1.29, 1.82) is 0 Å². The molecular weight excluding hydrogens is 729 g/mol. The van der Waals surface area contributed by atoms with Crippen LogP contribution in [0, 0.1) is 25.7 Å². The number of amides is 2. The van der Waals surface area contributed by atoms with E-state index in [0.717, 1.165) is 115 Å². The van der Waals surface area contributed by atoms with Crippen molar-refractivity contribution in [3.63, 3.8) is 0 Å². The molecule has 0 unspecified atom stereocenters. The first-order valence-corrected chi connectivity index (χ1v) is 19.6. The highest BCUT2D eigenvalue weighted by atomic mass is 16.5. The number of carbonyl (C=O) groups is 2. The largest absolute Gasteiger partial charge is 0.493 e. The van der Waals surface area contributed by atoms with E-state index in [1.807, 2.05) is 69.3 Å². The molecule has 6 rings (SSSR count). The molecule has 4 aromatic rings. The number of nitrogens with two attached hydrogens (primary N) is 2. The minimum Gasteiger partial charge on any atom is -0.493 e. The fraction of sp³-hybridized carbons (Fsp3) is 0.488. The molecule has 14 nitrogen and oxygen atoms in total. The number of rotatable bonds is 11. The molecule has 14 heteroatoms. The van der Waals surface area contributed by atoms with Gasteiger partial charge in [-0.1, -0.05) is 26.0 Å². The zero-order chi connectivity index (χ0) is 41.7. The highest BCUT2D eigenvalue weighted by Gasteiger charge is 2.27. The summed E-state index contributed by atoms with van der Waals surface area (Å²) in [4.78, 5) is 65.4. The molecule has 2 saturated carbocycles. The SMILES string of the molecule is CCCC(=O)NC1CCC(Oc2cccc3nc(C)cc(N)c23)CC1.CCCNC(=O)C1CCC(COc2cccc3nc(C)cc(N)c23)CC1.O=C=O.O=C=O. The molecule has 2 aromatic heterocycles. The standard InChI is InChI=1S/C21H29N3O2.C20H27N3O2.2CO2/c1-3-11-23-21(25)16-9-7-15(8-10-16)13-26-19-6-4-5-18-20(19)17(22)12-14(2)24-18;1-3-5-19(24)23-14-8-10-15(11-9-14)25-18-7-4-6-17-20(18)16(21)12-13(2)22-17;2*2-1-3/h4-6,12,15-16H,3,7-11,13H2,1-2H3,(H2,22,24)(H,23,25);4,6-7,12,14-15H,3,5,8-11H2,1-2H3,(H2,21,22)(H,23,24);;. The third-order valence-electron chi connectivity index (χ3n) is 9.96. The predicted molar refractivity (Wildman–Crippen MR) is 216 cm³/mol. The van der Waals surface area contributed by atoms with Gasteiger partial charge < -0.3 is 31.6 Å². The zero-order valence-corrected chi connectivity index (χ0v) is 33.4. The molecule has 0 aliphatic heterocycles. The van der Waals surface area contributed by atoms with Crippen LogP contribution >= 0.6 is 0 Å². The third-order valence-corrected chi connectivity index (χ3v) is 9.96. The van der Waals surface area contributed by atoms with Crippen LogP contribution in [0.15, 0.2) is 48.5 Å². The average molecular weight is 785 g/mol. The van der Waals surface area contributed by atoms with Crippen LogP contribution in [-0.2, 0) is 28.8 Å². The van der Waals surface area contributed by atoms with Crippen molar-refractivity contribution < 1.29 is 38.2 Å². The summed E-state index contributed by atoms with van der Waals surface area (Å²) in [5, 5.41) is 7.93. The van der Waals surface area contributed by atoms with Crippen LogP contribution in [0.25, 0.3) is 21.8 Å². The van der Waals surface area contributed by atoms with Crippen molar-refractivity contribution in [3.8, 4) is 11.5 Å². The van der Waals surface area contributed by atoms with E-state index in [2.05, 4.69) is 27.5 Å². The third kappa shape index (κ3) is 14.3. The second-order valence-electron chi connectivity index (χ2n) is 14.4. The maximum Gasteiger partial charge on any atom is 0.373 e. The first kappa shape index (κ1) is 45.5. The maximum atomic E-state index is 12.1. The Hall–Kier alpha value is -5.84. The van der Waals surface area contributed by atoms with Gasteiger partial charge in [0, 0.05) is 47.7 Å². The van der Waals surface area contributed by atoms with Gasteiger partial charge >= 0.3 is 12.3 Å². The summed E-state index contributed by atoms with van der Waals surface area (Å²) in [7, 11) is 0. The molecule has 0 atom stereocenters. The van der Waals surface area contributed by atoms with E-state index in [9.17, 15) is 9.59 Å². The number of nitrogen functional groups attached to an aromatic ring is 2. The lowest BCUT2D eigenvalue weighted by Gasteiger charge is -2.30. The Bertz CT molecular complexity index is 1970. The van der Waals surface area contributed by atoms with E-state index in [1.54, 1.807) is 0 Å². The van der Waals surface area contributed by atoms with Gasteiger partial charge in [-0.15, -0.1) is 0 Å². The van der Waals surface area contributed by atoms with Gasteiger partial charge in [-0.25, -0.2) is 0 Å². The number of carbonyl (C=O) groups excluding carboxylic acids is 6. The second kappa shape index (κ2) is 23.9. The number of anilines is 2. The van der Waals surface area contributed by atoms with E-state index in [-0.39, 0.29) is 42.2 Å². The summed E-state index contributed by atoms with van der Waals surface area (Å²) < 4.78 is 12.4. The Balaban J connectivity index is 0.000000269. The monoisotopic (exact) mass is 784 g/mol. The fourth-order valence-corrected chi connectivity index (χ4v) is 7.29. The van der Waals surface area contributed by atoms with Crippen LogP contribution in [0.4, 0.5) is 11.4 Å². The molecule has 0 bridgehead atoms. The smallest absolute Gasteiger partial charge is 0.373 e. The summed E-state index contributed by atoms with van der Waals surface area (Å²) in [5.74, 6) is 2.64. The minimum atomic E-state index is 0.158. The average Bonchev–Trinajstić information content (AvgIpc) is 3.17. The molecule has 2 amide bonds. The molecule has 2 aromatic carbocycles. The van der Waals surface area contributed by atoms with Gasteiger partial charge in [0.25, 0.3) is 0 Å². The normalized spacial score (nSPS) is 18.4.